The molecule has 0 aliphatic rings. The molecule has 0 fully saturated rings. The van der Waals surface area contributed by atoms with Gasteiger partial charge < -0.3 is 30.2 Å². The largest absolute Gasteiger partial charge is 0.465 e. The van der Waals surface area contributed by atoms with Crippen molar-refractivity contribution in [3.8, 4) is 0 Å². The van der Waals surface area contributed by atoms with Crippen molar-refractivity contribution < 1.29 is 38.2 Å². The molecule has 0 aliphatic carbocycles. The Hall–Kier alpha value is -2.85. The predicted molar refractivity (Wildman–Crippen MR) is 208 cm³/mol. The molecule has 3 unspecified atom stereocenters. The maximum Gasteiger partial charge on any atom is 0.407 e. The van der Waals surface area contributed by atoms with Crippen molar-refractivity contribution >= 4 is 29.8 Å². The topological polar surface area (TPSA) is 149 Å². The van der Waals surface area contributed by atoms with Crippen LogP contribution in [0.25, 0.3) is 0 Å². The molecule has 11 heteroatoms. The summed E-state index contributed by atoms with van der Waals surface area (Å²) >= 11 is 0. The van der Waals surface area contributed by atoms with Crippen LogP contribution >= 0.6 is 0 Å². The Morgan fingerprint density at radius 1 is 0.538 bits per heavy atom. The number of esters is 2. The van der Waals surface area contributed by atoms with Crippen LogP contribution in [0.2, 0.25) is 0 Å². The van der Waals surface area contributed by atoms with Crippen molar-refractivity contribution in [2.45, 2.75) is 195 Å². The van der Waals surface area contributed by atoms with Crippen molar-refractivity contribution in [1.82, 2.24) is 16.0 Å². The Bertz CT molecular complexity index is 968. The molecule has 304 valence electrons. The van der Waals surface area contributed by atoms with Gasteiger partial charge in [0.05, 0.1) is 25.0 Å². The van der Waals surface area contributed by atoms with Gasteiger partial charge in [0.15, 0.2) is 0 Å². The van der Waals surface area contributed by atoms with E-state index < -0.39 is 17.7 Å². The first kappa shape index (κ1) is 49.1. The molecule has 0 aromatic rings. The normalized spacial score (nSPS) is 13.1. The summed E-state index contributed by atoms with van der Waals surface area (Å²) in [5.74, 6) is -1.17. The lowest BCUT2D eigenvalue weighted by Gasteiger charge is -2.21. The highest BCUT2D eigenvalue weighted by Crippen LogP contribution is 2.20. The number of unbranched alkanes of at least 4 members (excludes halogenated alkanes) is 9. The minimum Gasteiger partial charge on any atom is -0.465 e. The molecule has 0 aromatic carbocycles. The summed E-state index contributed by atoms with van der Waals surface area (Å²) in [6.45, 7) is 14.8. The molecule has 0 aliphatic heterocycles. The van der Waals surface area contributed by atoms with Crippen LogP contribution in [0.4, 0.5) is 4.79 Å². The maximum atomic E-state index is 13.1. The van der Waals surface area contributed by atoms with Gasteiger partial charge in [-0.3, -0.25) is 19.2 Å². The Morgan fingerprint density at radius 3 is 1.54 bits per heavy atom. The van der Waals surface area contributed by atoms with E-state index in [1.165, 1.54) is 6.42 Å². The minimum atomic E-state index is -0.878. The summed E-state index contributed by atoms with van der Waals surface area (Å²) in [5, 5.41) is 8.30. The molecular formula is C41H77N3O8. The van der Waals surface area contributed by atoms with Gasteiger partial charge in [-0.25, -0.2) is 4.79 Å². The van der Waals surface area contributed by atoms with Gasteiger partial charge in [0, 0.05) is 19.5 Å². The molecule has 0 saturated carbocycles. The number of hydrogen-bond acceptors (Lipinski definition) is 8. The zero-order chi connectivity index (χ0) is 39.0. The van der Waals surface area contributed by atoms with Crippen molar-refractivity contribution in [1.29, 1.82) is 0 Å². The predicted octanol–water partition coefficient (Wildman–Crippen LogP) is 8.70. The van der Waals surface area contributed by atoms with E-state index in [1.807, 2.05) is 0 Å². The standard InChI is InChI=1S/C41H77N3O8/c1-8-12-16-18-25-33(23-14-10-3)38(47)50-31-21-20-29-42-37(46)35(28-30-43-40(49)52-41(5,6)7)44-36(45)27-22-32-51-39(48)34(24-15-11-4)26-19-17-13-9-2/h33-35H,8-32H2,1-7H3,(H,42,46)(H,43,49)(H,44,45). The van der Waals surface area contributed by atoms with Crippen LogP contribution in [0, 0.1) is 11.8 Å². The fourth-order valence-corrected chi connectivity index (χ4v) is 5.84. The van der Waals surface area contributed by atoms with E-state index in [0.29, 0.717) is 32.4 Å². The molecule has 0 rings (SSSR count). The highest BCUT2D eigenvalue weighted by atomic mass is 16.6. The van der Waals surface area contributed by atoms with Gasteiger partial charge in [0.25, 0.3) is 0 Å². The van der Waals surface area contributed by atoms with Gasteiger partial charge in [-0.1, -0.05) is 105 Å². The van der Waals surface area contributed by atoms with E-state index in [-0.39, 0.29) is 61.6 Å². The number of ether oxygens (including phenoxy) is 3. The van der Waals surface area contributed by atoms with E-state index in [0.717, 1.165) is 96.3 Å². The van der Waals surface area contributed by atoms with E-state index in [2.05, 4.69) is 43.6 Å². The molecular weight excluding hydrogens is 662 g/mol. The number of alkyl carbamates (subject to hydrolysis) is 1. The number of hydrogen-bond donors (Lipinski definition) is 3. The summed E-state index contributed by atoms with van der Waals surface area (Å²) in [5.41, 5.74) is -0.664. The number of amides is 3. The zero-order valence-electron chi connectivity index (χ0n) is 34.2. The summed E-state index contributed by atoms with van der Waals surface area (Å²) in [6.07, 6.45) is 17.6. The van der Waals surface area contributed by atoms with Gasteiger partial charge >= 0.3 is 18.0 Å². The van der Waals surface area contributed by atoms with E-state index in [9.17, 15) is 24.0 Å². The minimum absolute atomic E-state index is 0.0507. The molecule has 0 bridgehead atoms. The van der Waals surface area contributed by atoms with E-state index in [1.54, 1.807) is 20.8 Å². The third-order valence-corrected chi connectivity index (χ3v) is 8.95. The second kappa shape index (κ2) is 31.7. The third-order valence-electron chi connectivity index (χ3n) is 8.95. The third kappa shape index (κ3) is 27.8. The number of rotatable bonds is 32. The summed E-state index contributed by atoms with van der Waals surface area (Å²) in [7, 11) is 0. The highest BCUT2D eigenvalue weighted by Gasteiger charge is 2.23. The van der Waals surface area contributed by atoms with Crippen molar-refractivity contribution in [3.05, 3.63) is 0 Å². The molecule has 11 nitrogen and oxygen atoms in total. The van der Waals surface area contributed by atoms with Gasteiger partial charge in [-0.15, -0.1) is 0 Å². The smallest absolute Gasteiger partial charge is 0.407 e. The van der Waals surface area contributed by atoms with E-state index >= 15 is 0 Å². The number of carbonyl (C=O) groups is 5. The van der Waals surface area contributed by atoms with Crippen LogP contribution in [-0.2, 0) is 33.4 Å². The van der Waals surface area contributed by atoms with Gasteiger partial charge in [0.1, 0.15) is 11.6 Å². The van der Waals surface area contributed by atoms with Gasteiger partial charge in [0.2, 0.25) is 11.8 Å². The average Bonchev–Trinajstić information content (AvgIpc) is 3.09. The monoisotopic (exact) mass is 740 g/mol. The SMILES string of the molecule is CCCCCCC(CCCC)C(=O)OCCCCNC(=O)C(CCNC(=O)OC(C)(C)C)NC(=O)CCCOC(=O)C(CCCC)CCCCCC. The van der Waals surface area contributed by atoms with Crippen LogP contribution in [0.3, 0.4) is 0 Å². The average molecular weight is 740 g/mol. The fourth-order valence-electron chi connectivity index (χ4n) is 5.84. The number of carbonyl (C=O) groups excluding carboxylic acids is 5. The summed E-state index contributed by atoms with van der Waals surface area (Å²) < 4.78 is 16.4. The molecule has 0 saturated heterocycles. The van der Waals surface area contributed by atoms with Crippen molar-refractivity contribution in [2.24, 2.45) is 11.8 Å². The summed E-state index contributed by atoms with van der Waals surface area (Å²) in [4.78, 5) is 63.7. The molecule has 0 radical (unpaired) electrons. The lowest BCUT2D eigenvalue weighted by Crippen LogP contribution is -2.48. The van der Waals surface area contributed by atoms with Crippen LogP contribution < -0.4 is 16.0 Å². The first-order valence-electron chi connectivity index (χ1n) is 20.7. The van der Waals surface area contributed by atoms with Crippen LogP contribution in [0.1, 0.15) is 183 Å². The Labute approximate surface area is 316 Å². The van der Waals surface area contributed by atoms with Crippen molar-refractivity contribution in [2.75, 3.05) is 26.3 Å². The lowest BCUT2D eigenvalue weighted by atomic mass is 9.95. The molecule has 52 heavy (non-hydrogen) atoms. The molecule has 0 aromatic heterocycles. The number of nitrogens with one attached hydrogen (secondary N) is 3. The van der Waals surface area contributed by atoms with Gasteiger partial charge in [-0.2, -0.15) is 0 Å². The van der Waals surface area contributed by atoms with Gasteiger partial charge in [-0.05, 0) is 72.1 Å². The molecule has 0 heterocycles. The molecule has 3 amide bonds. The molecule has 0 spiro atoms. The first-order chi connectivity index (χ1) is 24.9. The Morgan fingerprint density at radius 2 is 1.04 bits per heavy atom. The quantitative estimate of drug-likeness (QED) is 0.0353. The maximum absolute atomic E-state index is 13.1. The lowest BCUT2D eigenvalue weighted by molar-refractivity contribution is -0.150. The van der Waals surface area contributed by atoms with Crippen molar-refractivity contribution in [3.63, 3.8) is 0 Å². The Balaban J connectivity index is 4.91. The van der Waals surface area contributed by atoms with Crippen LogP contribution in [0.15, 0.2) is 0 Å². The first-order valence-corrected chi connectivity index (χ1v) is 20.7. The highest BCUT2D eigenvalue weighted by molar-refractivity contribution is 5.87. The zero-order valence-corrected chi connectivity index (χ0v) is 34.2. The second-order valence-corrected chi connectivity index (χ2v) is 15.2. The second-order valence-electron chi connectivity index (χ2n) is 15.2. The van der Waals surface area contributed by atoms with Crippen LogP contribution in [0.5, 0.6) is 0 Å². The fraction of sp³-hybridized carbons (Fsp3) is 0.878. The Kier molecular flexibility index (Phi) is 29.9. The van der Waals surface area contributed by atoms with Crippen LogP contribution in [-0.4, -0.2) is 67.8 Å². The molecule has 3 atom stereocenters. The molecule has 3 N–H and O–H groups in total. The summed E-state index contributed by atoms with van der Waals surface area (Å²) in [6, 6.07) is -0.878. The van der Waals surface area contributed by atoms with E-state index in [4.69, 9.17) is 14.2 Å².